The van der Waals surface area contributed by atoms with E-state index < -0.39 is 0 Å². The van der Waals surface area contributed by atoms with Crippen molar-refractivity contribution < 1.29 is 4.74 Å². The zero-order valence-electron chi connectivity index (χ0n) is 18.8. The maximum absolute atomic E-state index is 12.9. The second-order valence-electron chi connectivity index (χ2n) is 7.90. The van der Waals surface area contributed by atoms with Crippen molar-refractivity contribution in [1.29, 1.82) is 0 Å². The Balaban J connectivity index is 1.65. The van der Waals surface area contributed by atoms with Gasteiger partial charge < -0.3 is 19.9 Å². The number of H-pyrrole nitrogens is 1. The number of aryl methyl sites for hydroxylation is 1. The Morgan fingerprint density at radius 3 is 2.39 bits per heavy atom. The molecule has 6 heteroatoms. The van der Waals surface area contributed by atoms with Crippen LogP contribution in [-0.4, -0.2) is 22.1 Å². The van der Waals surface area contributed by atoms with Gasteiger partial charge in [-0.1, -0.05) is 43.3 Å². The number of aromatic nitrogens is 1. The van der Waals surface area contributed by atoms with Crippen molar-refractivity contribution in [1.82, 2.24) is 9.88 Å². The van der Waals surface area contributed by atoms with Crippen LogP contribution in [0.25, 0.3) is 10.9 Å². The van der Waals surface area contributed by atoms with Crippen molar-refractivity contribution >= 4 is 33.9 Å². The van der Waals surface area contributed by atoms with Crippen LogP contribution in [0, 0.1) is 0 Å². The van der Waals surface area contributed by atoms with Crippen molar-refractivity contribution in [3.8, 4) is 5.75 Å². The Hall–Kier alpha value is -3.64. The summed E-state index contributed by atoms with van der Waals surface area (Å²) in [6, 6.07) is 25.8. The summed E-state index contributed by atoms with van der Waals surface area (Å²) in [5.74, 6) is 0.799. The van der Waals surface area contributed by atoms with E-state index in [-0.39, 0.29) is 5.56 Å². The molecule has 2 N–H and O–H groups in total. The second-order valence-corrected chi connectivity index (χ2v) is 8.29. The maximum Gasteiger partial charge on any atom is 0.253 e. The molecule has 4 rings (SSSR count). The summed E-state index contributed by atoms with van der Waals surface area (Å²) in [4.78, 5) is 17.9. The molecule has 0 aliphatic rings. The van der Waals surface area contributed by atoms with Gasteiger partial charge in [0.25, 0.3) is 5.56 Å². The summed E-state index contributed by atoms with van der Waals surface area (Å²) in [6.45, 7) is 3.06. The van der Waals surface area contributed by atoms with Crippen molar-refractivity contribution in [2.24, 2.45) is 0 Å². The third kappa shape index (κ3) is 5.59. The van der Waals surface area contributed by atoms with Crippen molar-refractivity contribution in [2.45, 2.75) is 26.4 Å². The number of methoxy groups -OCH3 is 1. The van der Waals surface area contributed by atoms with Gasteiger partial charge in [-0.15, -0.1) is 0 Å². The molecule has 0 amide bonds. The van der Waals surface area contributed by atoms with Crippen molar-refractivity contribution in [3.63, 3.8) is 0 Å². The Kier molecular flexibility index (Phi) is 7.05. The van der Waals surface area contributed by atoms with Crippen LogP contribution in [0.2, 0.25) is 0 Å². The van der Waals surface area contributed by atoms with Crippen LogP contribution in [0.5, 0.6) is 5.75 Å². The highest BCUT2D eigenvalue weighted by Crippen LogP contribution is 2.18. The number of pyridine rings is 1. The summed E-state index contributed by atoms with van der Waals surface area (Å²) in [6.07, 6.45) is 0.944. The number of anilines is 1. The number of fused-ring (bicyclic) bond motifs is 1. The molecular weight excluding hydrogens is 430 g/mol. The van der Waals surface area contributed by atoms with Crippen LogP contribution in [0.15, 0.2) is 83.7 Å². The zero-order valence-corrected chi connectivity index (χ0v) is 19.6. The van der Waals surface area contributed by atoms with Gasteiger partial charge in [-0.25, -0.2) is 0 Å². The molecule has 0 bridgehead atoms. The fourth-order valence-electron chi connectivity index (χ4n) is 3.72. The first-order chi connectivity index (χ1) is 16.1. The largest absolute Gasteiger partial charge is 0.497 e. The highest BCUT2D eigenvalue weighted by molar-refractivity contribution is 7.80. The van der Waals surface area contributed by atoms with E-state index in [9.17, 15) is 4.79 Å². The number of para-hydroxylation sites is 1. The lowest BCUT2D eigenvalue weighted by atomic mass is 10.1. The van der Waals surface area contributed by atoms with Gasteiger partial charge in [0.1, 0.15) is 5.75 Å². The van der Waals surface area contributed by atoms with Gasteiger partial charge in [-0.3, -0.25) is 4.79 Å². The Morgan fingerprint density at radius 2 is 1.70 bits per heavy atom. The molecule has 4 aromatic rings. The van der Waals surface area contributed by atoms with Crippen LogP contribution in [-0.2, 0) is 19.5 Å². The van der Waals surface area contributed by atoms with Gasteiger partial charge in [-0.05, 0) is 77.6 Å². The number of nitrogens with one attached hydrogen (secondary N) is 2. The lowest BCUT2D eigenvalue weighted by Gasteiger charge is -2.26. The lowest BCUT2D eigenvalue weighted by molar-refractivity contribution is 0.406. The monoisotopic (exact) mass is 457 g/mol. The zero-order chi connectivity index (χ0) is 23.2. The number of thiocarbonyl (C=S) groups is 1. The Labute approximate surface area is 199 Å². The first-order valence-corrected chi connectivity index (χ1v) is 11.4. The average Bonchev–Trinajstić information content (AvgIpc) is 2.84. The SMILES string of the molecule is CCc1ccc2[nH]c(=O)c(CN(Cc3ccc(OC)cc3)C(=S)Nc3ccccc3)cc2c1. The summed E-state index contributed by atoms with van der Waals surface area (Å²) in [7, 11) is 1.65. The number of hydrogen-bond donors (Lipinski definition) is 2. The fourth-order valence-corrected chi connectivity index (χ4v) is 3.97. The van der Waals surface area contributed by atoms with E-state index in [0.717, 1.165) is 34.3 Å². The van der Waals surface area contributed by atoms with E-state index in [2.05, 4.69) is 23.3 Å². The highest BCUT2D eigenvalue weighted by Gasteiger charge is 2.15. The molecule has 0 radical (unpaired) electrons. The van der Waals surface area contributed by atoms with Gasteiger partial charge in [0.15, 0.2) is 5.11 Å². The van der Waals surface area contributed by atoms with E-state index in [1.807, 2.05) is 77.7 Å². The topological polar surface area (TPSA) is 57.4 Å². The molecule has 5 nitrogen and oxygen atoms in total. The predicted molar refractivity (Wildman–Crippen MR) is 139 cm³/mol. The third-order valence-corrected chi connectivity index (χ3v) is 5.96. The molecule has 0 fully saturated rings. The van der Waals surface area contributed by atoms with Crippen LogP contribution >= 0.6 is 12.2 Å². The molecule has 168 valence electrons. The van der Waals surface area contributed by atoms with E-state index in [0.29, 0.717) is 23.8 Å². The van der Waals surface area contributed by atoms with Gasteiger partial charge in [0, 0.05) is 23.3 Å². The quantitative estimate of drug-likeness (QED) is 0.359. The van der Waals surface area contributed by atoms with Gasteiger partial charge in [0.2, 0.25) is 0 Å². The summed E-state index contributed by atoms with van der Waals surface area (Å²) in [5.41, 5.74) is 4.61. The molecule has 1 heterocycles. The lowest BCUT2D eigenvalue weighted by Crippen LogP contribution is -2.35. The molecule has 0 saturated heterocycles. The molecule has 0 atom stereocenters. The number of hydrogen-bond acceptors (Lipinski definition) is 3. The second kappa shape index (κ2) is 10.3. The maximum atomic E-state index is 12.9. The molecule has 0 unspecified atom stereocenters. The van der Waals surface area contributed by atoms with Crippen molar-refractivity contribution in [2.75, 3.05) is 12.4 Å². The molecule has 33 heavy (non-hydrogen) atoms. The first-order valence-electron chi connectivity index (χ1n) is 10.9. The van der Waals surface area contributed by atoms with E-state index in [1.165, 1.54) is 5.56 Å². The normalized spacial score (nSPS) is 10.7. The number of ether oxygens (including phenoxy) is 1. The standard InChI is InChI=1S/C27H27N3O2S/c1-3-19-11-14-25-21(15-19)16-22(26(31)29-25)18-30(17-20-9-12-24(32-2)13-10-20)27(33)28-23-7-5-4-6-8-23/h4-16H,3,17-18H2,1-2H3,(H,28,33)(H,29,31). The number of rotatable bonds is 7. The molecule has 0 aliphatic carbocycles. The Bertz CT molecular complexity index is 1300. The molecular formula is C27H27N3O2S. The Morgan fingerprint density at radius 1 is 0.970 bits per heavy atom. The van der Waals surface area contributed by atoms with E-state index in [1.54, 1.807) is 7.11 Å². The minimum Gasteiger partial charge on any atom is -0.497 e. The highest BCUT2D eigenvalue weighted by atomic mass is 32.1. The first kappa shape index (κ1) is 22.6. The molecule has 1 aromatic heterocycles. The minimum atomic E-state index is -0.103. The third-order valence-electron chi connectivity index (χ3n) is 5.60. The number of aromatic amines is 1. The smallest absolute Gasteiger partial charge is 0.253 e. The summed E-state index contributed by atoms with van der Waals surface area (Å²) < 4.78 is 5.27. The molecule has 0 aliphatic heterocycles. The summed E-state index contributed by atoms with van der Waals surface area (Å²) in [5, 5.41) is 4.88. The minimum absolute atomic E-state index is 0.103. The van der Waals surface area contributed by atoms with E-state index >= 15 is 0 Å². The van der Waals surface area contributed by atoms with E-state index in [4.69, 9.17) is 17.0 Å². The predicted octanol–water partition coefficient (Wildman–Crippen LogP) is 5.50. The van der Waals surface area contributed by atoms with Gasteiger partial charge in [-0.2, -0.15) is 0 Å². The molecule has 0 spiro atoms. The van der Waals surface area contributed by atoms with Gasteiger partial charge in [0.05, 0.1) is 13.7 Å². The molecule has 0 saturated carbocycles. The van der Waals surface area contributed by atoms with Crippen LogP contribution < -0.4 is 15.6 Å². The molecule has 3 aromatic carbocycles. The van der Waals surface area contributed by atoms with Crippen LogP contribution in [0.3, 0.4) is 0 Å². The number of nitrogens with zero attached hydrogens (tertiary/aromatic N) is 1. The van der Waals surface area contributed by atoms with Crippen LogP contribution in [0.4, 0.5) is 5.69 Å². The number of benzene rings is 3. The van der Waals surface area contributed by atoms with Gasteiger partial charge >= 0.3 is 0 Å². The summed E-state index contributed by atoms with van der Waals surface area (Å²) >= 11 is 5.76. The van der Waals surface area contributed by atoms with Crippen molar-refractivity contribution in [3.05, 3.63) is 106 Å². The van der Waals surface area contributed by atoms with Crippen LogP contribution in [0.1, 0.15) is 23.6 Å². The average molecular weight is 458 g/mol. The fraction of sp³-hybridized carbons (Fsp3) is 0.185.